The number of aliphatic imine (C=N–C) groups is 1. The van der Waals surface area contributed by atoms with Gasteiger partial charge in [0.2, 0.25) is 6.08 Å². The lowest BCUT2D eigenvalue weighted by Crippen LogP contribution is -2.32. The highest BCUT2D eigenvalue weighted by Crippen LogP contribution is 2.50. The molecule has 0 saturated heterocycles. The van der Waals surface area contributed by atoms with E-state index in [2.05, 4.69) is 20.9 Å². The van der Waals surface area contributed by atoms with E-state index in [9.17, 15) is 4.79 Å². The first-order valence-corrected chi connectivity index (χ1v) is 6.89. The number of hydrogen-bond acceptors (Lipinski definition) is 4. The Hall–Kier alpha value is -1.32. The van der Waals surface area contributed by atoms with E-state index in [-0.39, 0.29) is 0 Å². The summed E-state index contributed by atoms with van der Waals surface area (Å²) in [7, 11) is 3.20. The van der Waals surface area contributed by atoms with Gasteiger partial charge >= 0.3 is 0 Å². The molecule has 0 aliphatic heterocycles. The summed E-state index contributed by atoms with van der Waals surface area (Å²) in [4.78, 5) is 14.7. The molecule has 1 aromatic rings. The van der Waals surface area contributed by atoms with Gasteiger partial charge in [0.15, 0.2) is 11.5 Å². The van der Waals surface area contributed by atoms with Crippen molar-refractivity contribution in [2.45, 2.75) is 31.7 Å². The molecule has 2 rings (SSSR count). The minimum atomic E-state index is -0.437. The van der Waals surface area contributed by atoms with Crippen LogP contribution in [0.4, 0.5) is 0 Å². The molecule has 0 N–H and O–H groups in total. The normalized spacial score (nSPS) is 16.2. The summed E-state index contributed by atoms with van der Waals surface area (Å²) in [6, 6.07) is 1.92. The van der Waals surface area contributed by atoms with Gasteiger partial charge < -0.3 is 9.47 Å². The molecule has 1 aliphatic rings. The molecule has 1 aromatic carbocycles. The third kappa shape index (κ3) is 2.17. The predicted molar refractivity (Wildman–Crippen MR) is 75.6 cm³/mol. The van der Waals surface area contributed by atoms with Gasteiger partial charge in [-0.15, -0.1) is 0 Å². The Kier molecular flexibility index (Phi) is 3.97. The lowest BCUT2D eigenvalue weighted by molar-refractivity contribution is 0.252. The number of methoxy groups -OCH3 is 2. The molecular formula is C14H16BrNO3. The highest BCUT2D eigenvalue weighted by molar-refractivity contribution is 9.10. The van der Waals surface area contributed by atoms with Crippen molar-refractivity contribution in [1.29, 1.82) is 0 Å². The molecule has 102 valence electrons. The molecule has 4 nitrogen and oxygen atoms in total. The second-order valence-corrected chi connectivity index (χ2v) is 5.48. The van der Waals surface area contributed by atoms with Crippen molar-refractivity contribution in [3.63, 3.8) is 0 Å². The van der Waals surface area contributed by atoms with Crippen LogP contribution in [0.25, 0.3) is 0 Å². The Morgan fingerprint density at radius 3 is 2.47 bits per heavy atom. The smallest absolute Gasteiger partial charge is 0.235 e. The fraction of sp³-hybridized carbons (Fsp3) is 0.500. The minimum Gasteiger partial charge on any atom is -0.493 e. The Balaban J connectivity index is 2.64. The third-order valence-corrected chi connectivity index (χ3v) is 4.75. The maximum Gasteiger partial charge on any atom is 0.235 e. The van der Waals surface area contributed by atoms with Gasteiger partial charge in [-0.3, -0.25) is 0 Å². The van der Waals surface area contributed by atoms with Crippen LogP contribution in [0, 0.1) is 6.92 Å². The molecule has 0 spiro atoms. The van der Waals surface area contributed by atoms with Crippen LogP contribution in [0.3, 0.4) is 0 Å². The molecule has 0 amide bonds. The van der Waals surface area contributed by atoms with E-state index in [0.29, 0.717) is 11.5 Å². The topological polar surface area (TPSA) is 47.9 Å². The molecule has 1 aliphatic carbocycles. The fourth-order valence-electron chi connectivity index (χ4n) is 2.57. The first-order valence-electron chi connectivity index (χ1n) is 6.10. The molecule has 19 heavy (non-hydrogen) atoms. The second-order valence-electron chi connectivity index (χ2n) is 4.69. The standard InChI is InChI=1S/C14H16BrNO3/c1-9-10(14(16-8-17)5-4-6-14)7-11(18-2)13(19-3)12(9)15/h7H,4-6H2,1-3H3. The Morgan fingerprint density at radius 1 is 1.37 bits per heavy atom. The predicted octanol–water partition coefficient (Wildman–Crippen LogP) is 3.49. The fourth-order valence-corrected chi connectivity index (χ4v) is 3.14. The number of rotatable bonds is 4. The maximum atomic E-state index is 10.7. The van der Waals surface area contributed by atoms with E-state index < -0.39 is 5.54 Å². The van der Waals surface area contributed by atoms with Crippen molar-refractivity contribution >= 4 is 22.0 Å². The molecule has 0 aromatic heterocycles. The van der Waals surface area contributed by atoms with Gasteiger partial charge in [-0.2, -0.15) is 4.99 Å². The van der Waals surface area contributed by atoms with Gasteiger partial charge in [0.1, 0.15) is 0 Å². The summed E-state index contributed by atoms with van der Waals surface area (Å²) < 4.78 is 11.6. The SMILES string of the molecule is COc1cc(C2(N=C=O)CCC2)c(C)c(Br)c1OC. The third-order valence-electron chi connectivity index (χ3n) is 3.80. The van der Waals surface area contributed by atoms with Crippen LogP contribution < -0.4 is 9.47 Å². The number of nitrogens with zero attached hydrogens (tertiary/aromatic N) is 1. The zero-order chi connectivity index (χ0) is 14.0. The van der Waals surface area contributed by atoms with Crippen molar-refractivity contribution in [2.75, 3.05) is 14.2 Å². The Bertz CT molecular complexity index is 546. The van der Waals surface area contributed by atoms with Crippen molar-refractivity contribution in [2.24, 2.45) is 4.99 Å². The molecular weight excluding hydrogens is 310 g/mol. The van der Waals surface area contributed by atoms with E-state index in [1.807, 2.05) is 13.0 Å². The van der Waals surface area contributed by atoms with Gasteiger partial charge in [-0.05, 0) is 59.3 Å². The van der Waals surface area contributed by atoms with Crippen molar-refractivity contribution < 1.29 is 14.3 Å². The van der Waals surface area contributed by atoms with E-state index in [0.717, 1.165) is 34.9 Å². The van der Waals surface area contributed by atoms with Crippen LogP contribution in [-0.4, -0.2) is 20.3 Å². The van der Waals surface area contributed by atoms with Crippen molar-refractivity contribution in [1.82, 2.24) is 0 Å². The van der Waals surface area contributed by atoms with E-state index in [1.54, 1.807) is 20.3 Å². The van der Waals surface area contributed by atoms with Gasteiger partial charge in [0.05, 0.1) is 24.2 Å². The summed E-state index contributed by atoms with van der Waals surface area (Å²) in [5.41, 5.74) is 1.59. The molecule has 0 heterocycles. The monoisotopic (exact) mass is 325 g/mol. The van der Waals surface area contributed by atoms with E-state index >= 15 is 0 Å². The number of carbonyl (C=O) groups excluding carboxylic acids is 1. The summed E-state index contributed by atoms with van der Waals surface area (Å²) in [5, 5.41) is 0. The van der Waals surface area contributed by atoms with Crippen molar-refractivity contribution in [3.05, 3.63) is 21.7 Å². The second kappa shape index (κ2) is 5.35. The number of hydrogen-bond donors (Lipinski definition) is 0. The summed E-state index contributed by atoms with van der Waals surface area (Å²) >= 11 is 3.53. The largest absolute Gasteiger partial charge is 0.493 e. The van der Waals surface area contributed by atoms with Crippen LogP contribution in [0.2, 0.25) is 0 Å². The number of isocyanates is 1. The van der Waals surface area contributed by atoms with Gasteiger partial charge in [0, 0.05) is 0 Å². The molecule has 0 bridgehead atoms. The quantitative estimate of drug-likeness (QED) is 0.629. The summed E-state index contributed by atoms with van der Waals surface area (Å²) in [6.07, 6.45) is 4.51. The highest BCUT2D eigenvalue weighted by Gasteiger charge is 2.41. The van der Waals surface area contributed by atoms with E-state index in [1.165, 1.54) is 0 Å². The summed E-state index contributed by atoms with van der Waals surface area (Å²) in [5.74, 6) is 1.30. The van der Waals surface area contributed by atoms with Crippen LogP contribution >= 0.6 is 15.9 Å². The zero-order valence-corrected chi connectivity index (χ0v) is 12.8. The maximum absolute atomic E-state index is 10.7. The summed E-state index contributed by atoms with van der Waals surface area (Å²) in [6.45, 7) is 1.99. The lowest BCUT2D eigenvalue weighted by atomic mass is 9.71. The molecule has 1 fully saturated rings. The minimum absolute atomic E-state index is 0.437. The molecule has 5 heteroatoms. The average molecular weight is 326 g/mol. The van der Waals surface area contributed by atoms with Crippen LogP contribution in [-0.2, 0) is 10.3 Å². The Labute approximate surface area is 120 Å². The average Bonchev–Trinajstić information content (AvgIpc) is 2.37. The van der Waals surface area contributed by atoms with Gasteiger partial charge in [-0.25, -0.2) is 4.79 Å². The van der Waals surface area contributed by atoms with Crippen LogP contribution in [0.1, 0.15) is 30.4 Å². The first-order chi connectivity index (χ1) is 9.09. The van der Waals surface area contributed by atoms with Crippen LogP contribution in [0.5, 0.6) is 11.5 Å². The van der Waals surface area contributed by atoms with Crippen LogP contribution in [0.15, 0.2) is 15.5 Å². The number of halogens is 1. The zero-order valence-electron chi connectivity index (χ0n) is 11.2. The van der Waals surface area contributed by atoms with Gasteiger partial charge in [0.25, 0.3) is 0 Å². The van der Waals surface area contributed by atoms with E-state index in [4.69, 9.17) is 9.47 Å². The highest BCUT2D eigenvalue weighted by atomic mass is 79.9. The van der Waals surface area contributed by atoms with Crippen molar-refractivity contribution in [3.8, 4) is 11.5 Å². The molecule has 0 atom stereocenters. The van der Waals surface area contributed by atoms with Gasteiger partial charge in [-0.1, -0.05) is 0 Å². The number of benzene rings is 1. The first kappa shape index (κ1) is 14.1. The molecule has 1 saturated carbocycles. The molecule has 0 radical (unpaired) electrons. The number of ether oxygens (including phenoxy) is 2. The lowest BCUT2D eigenvalue weighted by Gasteiger charge is -2.38. The molecule has 0 unspecified atom stereocenters. The Morgan fingerprint density at radius 2 is 2.05 bits per heavy atom.